The van der Waals surface area contributed by atoms with Gasteiger partial charge in [0.2, 0.25) is 11.8 Å². The molecule has 2 rings (SSSR count). The summed E-state index contributed by atoms with van der Waals surface area (Å²) in [5.41, 5.74) is 0. The second kappa shape index (κ2) is 6.06. The molecule has 1 atom stereocenters. The second-order valence-electron chi connectivity index (χ2n) is 4.29. The molecule has 0 spiro atoms. The van der Waals surface area contributed by atoms with Crippen molar-refractivity contribution in [3.63, 3.8) is 0 Å². The first-order valence-electron chi connectivity index (χ1n) is 6.03. The van der Waals surface area contributed by atoms with Gasteiger partial charge in [0.1, 0.15) is 18.4 Å². The van der Waals surface area contributed by atoms with E-state index >= 15 is 0 Å². The predicted octanol–water partition coefficient (Wildman–Crippen LogP) is 1.17. The van der Waals surface area contributed by atoms with Crippen LogP contribution in [0.5, 0.6) is 5.75 Å². The van der Waals surface area contributed by atoms with E-state index in [1.165, 1.54) is 4.90 Å². The molecular formula is C13H15BrN2O3. The van der Waals surface area contributed by atoms with E-state index in [0.29, 0.717) is 13.2 Å². The van der Waals surface area contributed by atoms with Crippen molar-refractivity contribution in [3.05, 3.63) is 28.7 Å². The first-order valence-corrected chi connectivity index (χ1v) is 6.83. The van der Waals surface area contributed by atoms with Crippen LogP contribution < -0.4 is 10.1 Å². The predicted molar refractivity (Wildman–Crippen MR) is 73.8 cm³/mol. The van der Waals surface area contributed by atoms with Gasteiger partial charge >= 0.3 is 0 Å². The topological polar surface area (TPSA) is 58.6 Å². The van der Waals surface area contributed by atoms with Crippen LogP contribution in [0.2, 0.25) is 0 Å². The molecule has 1 heterocycles. The molecule has 6 heteroatoms. The summed E-state index contributed by atoms with van der Waals surface area (Å²) >= 11 is 3.36. The third kappa shape index (κ3) is 3.47. The lowest BCUT2D eigenvalue weighted by Crippen LogP contribution is -2.57. The molecule has 1 N–H and O–H groups in total. The van der Waals surface area contributed by atoms with Crippen LogP contribution in [0.4, 0.5) is 0 Å². The minimum absolute atomic E-state index is 0.0695. The summed E-state index contributed by atoms with van der Waals surface area (Å²) in [6, 6.07) is 7.05. The third-order valence-electron chi connectivity index (χ3n) is 2.98. The molecule has 0 radical (unpaired) electrons. The molecule has 1 fully saturated rings. The molecule has 2 amide bonds. The van der Waals surface area contributed by atoms with Gasteiger partial charge in [-0.1, -0.05) is 22.0 Å². The SMILES string of the molecule is CC1C(=O)NCC(=O)N1CCOc1cccc(Br)c1. The lowest BCUT2D eigenvalue weighted by molar-refractivity contribution is -0.145. The molecule has 19 heavy (non-hydrogen) atoms. The van der Waals surface area contributed by atoms with Crippen molar-refractivity contribution in [2.45, 2.75) is 13.0 Å². The van der Waals surface area contributed by atoms with Gasteiger partial charge < -0.3 is 15.0 Å². The number of amides is 2. The van der Waals surface area contributed by atoms with Crippen LogP contribution >= 0.6 is 15.9 Å². The quantitative estimate of drug-likeness (QED) is 0.903. The number of hydrogen-bond acceptors (Lipinski definition) is 3. The Kier molecular flexibility index (Phi) is 4.42. The van der Waals surface area contributed by atoms with Crippen molar-refractivity contribution in [1.82, 2.24) is 10.2 Å². The Hall–Kier alpha value is -1.56. The van der Waals surface area contributed by atoms with Gasteiger partial charge in [0.25, 0.3) is 0 Å². The van der Waals surface area contributed by atoms with Gasteiger partial charge in [0.15, 0.2) is 0 Å². The number of nitrogens with one attached hydrogen (secondary N) is 1. The zero-order chi connectivity index (χ0) is 13.8. The van der Waals surface area contributed by atoms with Crippen molar-refractivity contribution in [2.75, 3.05) is 19.7 Å². The van der Waals surface area contributed by atoms with E-state index in [9.17, 15) is 9.59 Å². The fourth-order valence-corrected chi connectivity index (χ4v) is 2.28. The Balaban J connectivity index is 1.88. The summed E-state index contributed by atoms with van der Waals surface area (Å²) in [6.45, 7) is 2.55. The molecule has 1 aromatic carbocycles. The summed E-state index contributed by atoms with van der Waals surface area (Å²) in [7, 11) is 0. The van der Waals surface area contributed by atoms with E-state index in [1.807, 2.05) is 24.3 Å². The maximum Gasteiger partial charge on any atom is 0.242 e. The molecule has 0 aromatic heterocycles. The lowest BCUT2D eigenvalue weighted by atomic mass is 10.2. The zero-order valence-electron chi connectivity index (χ0n) is 10.6. The van der Waals surface area contributed by atoms with E-state index in [-0.39, 0.29) is 18.4 Å². The first kappa shape index (κ1) is 13.9. The number of halogens is 1. The van der Waals surface area contributed by atoms with Crippen LogP contribution in [0.1, 0.15) is 6.92 Å². The Bertz CT molecular complexity index is 493. The largest absolute Gasteiger partial charge is 0.492 e. The summed E-state index contributed by atoms with van der Waals surface area (Å²) in [4.78, 5) is 24.7. The molecule has 1 saturated heterocycles. The fraction of sp³-hybridized carbons (Fsp3) is 0.385. The van der Waals surface area contributed by atoms with Crippen molar-refractivity contribution in [3.8, 4) is 5.75 Å². The molecule has 1 unspecified atom stereocenters. The number of carbonyl (C=O) groups excluding carboxylic acids is 2. The highest BCUT2D eigenvalue weighted by molar-refractivity contribution is 9.10. The molecule has 102 valence electrons. The van der Waals surface area contributed by atoms with Crippen molar-refractivity contribution in [2.24, 2.45) is 0 Å². The lowest BCUT2D eigenvalue weighted by Gasteiger charge is -2.32. The Morgan fingerprint density at radius 2 is 2.26 bits per heavy atom. The highest BCUT2D eigenvalue weighted by Gasteiger charge is 2.30. The number of nitrogens with zero attached hydrogens (tertiary/aromatic N) is 1. The number of rotatable bonds is 4. The molecule has 1 aromatic rings. The van der Waals surface area contributed by atoms with Gasteiger partial charge in [-0.2, -0.15) is 0 Å². The zero-order valence-corrected chi connectivity index (χ0v) is 12.1. The van der Waals surface area contributed by atoms with E-state index in [4.69, 9.17) is 4.74 Å². The molecule has 0 saturated carbocycles. The van der Waals surface area contributed by atoms with Crippen molar-refractivity contribution < 1.29 is 14.3 Å². The number of ether oxygens (including phenoxy) is 1. The molecule has 1 aliphatic rings. The van der Waals surface area contributed by atoms with E-state index < -0.39 is 6.04 Å². The average Bonchev–Trinajstić information content (AvgIpc) is 2.38. The van der Waals surface area contributed by atoms with Gasteiger partial charge in [0.05, 0.1) is 13.1 Å². The van der Waals surface area contributed by atoms with Crippen LogP contribution in [0.15, 0.2) is 28.7 Å². The molecule has 5 nitrogen and oxygen atoms in total. The van der Waals surface area contributed by atoms with Gasteiger partial charge in [-0.3, -0.25) is 9.59 Å². The van der Waals surface area contributed by atoms with Crippen LogP contribution in [-0.4, -0.2) is 42.5 Å². The van der Waals surface area contributed by atoms with Crippen LogP contribution in [0.3, 0.4) is 0 Å². The summed E-state index contributed by atoms with van der Waals surface area (Å²) in [5, 5.41) is 2.55. The van der Waals surface area contributed by atoms with E-state index in [2.05, 4.69) is 21.2 Å². The molecule has 1 aliphatic heterocycles. The second-order valence-corrected chi connectivity index (χ2v) is 5.20. The Labute approximate surface area is 120 Å². The number of carbonyl (C=O) groups is 2. The smallest absolute Gasteiger partial charge is 0.242 e. The highest BCUT2D eigenvalue weighted by Crippen LogP contribution is 2.17. The minimum atomic E-state index is -0.438. The molecular weight excluding hydrogens is 312 g/mol. The first-order chi connectivity index (χ1) is 9.08. The summed E-state index contributed by atoms with van der Waals surface area (Å²) in [6.07, 6.45) is 0. The van der Waals surface area contributed by atoms with E-state index in [0.717, 1.165) is 10.2 Å². The van der Waals surface area contributed by atoms with Crippen molar-refractivity contribution >= 4 is 27.7 Å². The van der Waals surface area contributed by atoms with Crippen molar-refractivity contribution in [1.29, 1.82) is 0 Å². The maximum absolute atomic E-state index is 11.7. The highest BCUT2D eigenvalue weighted by atomic mass is 79.9. The monoisotopic (exact) mass is 326 g/mol. The van der Waals surface area contributed by atoms with E-state index in [1.54, 1.807) is 6.92 Å². The third-order valence-corrected chi connectivity index (χ3v) is 3.47. The molecule has 0 aliphatic carbocycles. The standard InChI is InChI=1S/C13H15BrN2O3/c1-9-13(18)15-8-12(17)16(9)5-6-19-11-4-2-3-10(14)7-11/h2-4,7,9H,5-6,8H2,1H3,(H,15,18). The number of hydrogen-bond donors (Lipinski definition) is 1. The van der Waals surface area contributed by atoms with Crippen LogP contribution in [-0.2, 0) is 9.59 Å². The van der Waals surface area contributed by atoms with Gasteiger partial charge in [-0.15, -0.1) is 0 Å². The summed E-state index contributed by atoms with van der Waals surface area (Å²) < 4.78 is 6.50. The number of piperazine rings is 1. The number of benzene rings is 1. The minimum Gasteiger partial charge on any atom is -0.492 e. The van der Waals surface area contributed by atoms with Crippen LogP contribution in [0, 0.1) is 0 Å². The van der Waals surface area contributed by atoms with Gasteiger partial charge in [0, 0.05) is 4.47 Å². The van der Waals surface area contributed by atoms with Gasteiger partial charge in [-0.05, 0) is 25.1 Å². The normalized spacial score (nSPS) is 19.3. The Morgan fingerprint density at radius 1 is 1.47 bits per heavy atom. The van der Waals surface area contributed by atoms with Crippen LogP contribution in [0.25, 0.3) is 0 Å². The maximum atomic E-state index is 11.7. The average molecular weight is 327 g/mol. The fourth-order valence-electron chi connectivity index (χ4n) is 1.91. The summed E-state index contributed by atoms with van der Waals surface area (Å²) in [5.74, 6) is 0.530. The molecule has 0 bridgehead atoms. The van der Waals surface area contributed by atoms with Gasteiger partial charge in [-0.25, -0.2) is 0 Å². The Morgan fingerprint density at radius 3 is 3.00 bits per heavy atom.